The van der Waals surface area contributed by atoms with Gasteiger partial charge in [0.25, 0.3) is 5.56 Å². The number of halogens is 1. The Morgan fingerprint density at radius 2 is 2.03 bits per heavy atom. The number of hydrogen-bond acceptors (Lipinski definition) is 5. The van der Waals surface area contributed by atoms with Crippen LogP contribution in [0.5, 0.6) is 11.6 Å². The summed E-state index contributed by atoms with van der Waals surface area (Å²) < 4.78 is 8.06. The normalized spacial score (nSPS) is 10.2. The Balaban J connectivity index is 2.15. The largest absolute Gasteiger partial charge is 0.496 e. The van der Waals surface area contributed by atoms with Gasteiger partial charge in [-0.1, -0.05) is 17.5 Å². The van der Waals surface area contributed by atoms with E-state index in [0.717, 1.165) is 0 Å². The van der Waals surface area contributed by atoms with E-state index in [9.17, 15) is 9.90 Å². The third kappa shape index (κ3) is 3.69. The Hall–Kier alpha value is -3.68. The van der Waals surface area contributed by atoms with Gasteiger partial charge in [0, 0.05) is 18.8 Å². The molecule has 0 spiro atoms. The van der Waals surface area contributed by atoms with E-state index in [1.54, 1.807) is 38.2 Å². The fraction of sp³-hybridized carbons (Fsp3) is 0.190. The van der Waals surface area contributed by atoms with Crippen molar-refractivity contribution in [1.82, 2.24) is 14.3 Å². The van der Waals surface area contributed by atoms with Crippen LogP contribution in [0, 0.1) is 23.2 Å². The third-order valence-electron chi connectivity index (χ3n) is 4.40. The average molecular weight is 409 g/mol. The first-order valence-corrected chi connectivity index (χ1v) is 8.93. The molecule has 0 aliphatic rings. The van der Waals surface area contributed by atoms with Crippen molar-refractivity contribution in [2.24, 2.45) is 7.05 Å². The highest BCUT2D eigenvalue weighted by molar-refractivity contribution is 6.34. The molecule has 1 aromatic carbocycles. The minimum Gasteiger partial charge on any atom is -0.496 e. The molecule has 2 heterocycles. The van der Waals surface area contributed by atoms with Gasteiger partial charge in [0.05, 0.1) is 35.5 Å². The summed E-state index contributed by atoms with van der Waals surface area (Å²) in [6.07, 6.45) is 1.43. The van der Waals surface area contributed by atoms with Crippen LogP contribution in [0.25, 0.3) is 11.1 Å². The maximum atomic E-state index is 13.1. The number of pyridine rings is 1. The van der Waals surface area contributed by atoms with Gasteiger partial charge in [-0.15, -0.1) is 5.92 Å². The van der Waals surface area contributed by atoms with Crippen molar-refractivity contribution in [1.29, 1.82) is 5.26 Å². The first-order chi connectivity index (χ1) is 13.9. The van der Waals surface area contributed by atoms with Gasteiger partial charge in [0.2, 0.25) is 5.88 Å². The second-order valence-corrected chi connectivity index (χ2v) is 6.55. The standard InChI is InChI=1S/C21H17ClN4O3/c1-4-5-13-8-16(22)18(17(9-13)29-3)19-20(27)25(2)26(21(19)28)12-15-7-6-14(10-23)11-24-15/h6-9,11,27H,12H2,1-3H3. The van der Waals surface area contributed by atoms with Crippen LogP contribution >= 0.6 is 11.6 Å². The number of ether oxygens (including phenoxy) is 1. The number of aromatic hydroxyl groups is 1. The van der Waals surface area contributed by atoms with E-state index in [-0.39, 0.29) is 23.0 Å². The lowest BCUT2D eigenvalue weighted by molar-refractivity contribution is 0.389. The first-order valence-electron chi connectivity index (χ1n) is 8.55. The van der Waals surface area contributed by atoms with Gasteiger partial charge in [-0.25, -0.2) is 4.68 Å². The minimum atomic E-state index is -0.453. The van der Waals surface area contributed by atoms with E-state index in [0.29, 0.717) is 28.1 Å². The van der Waals surface area contributed by atoms with Crippen molar-refractivity contribution in [2.45, 2.75) is 13.5 Å². The van der Waals surface area contributed by atoms with Crippen LogP contribution in [0.3, 0.4) is 0 Å². The van der Waals surface area contributed by atoms with Crippen molar-refractivity contribution < 1.29 is 9.84 Å². The van der Waals surface area contributed by atoms with Crippen molar-refractivity contribution in [3.05, 3.63) is 62.7 Å². The van der Waals surface area contributed by atoms with Crippen molar-refractivity contribution >= 4 is 11.6 Å². The minimum absolute atomic E-state index is 0.0269. The topological polar surface area (TPSA) is 93.1 Å². The van der Waals surface area contributed by atoms with E-state index in [2.05, 4.69) is 16.8 Å². The Kier molecular flexibility index (Phi) is 5.63. The Labute approximate surface area is 172 Å². The molecule has 0 radical (unpaired) electrons. The van der Waals surface area contributed by atoms with Crippen LogP contribution in [0.1, 0.15) is 23.7 Å². The lowest BCUT2D eigenvalue weighted by atomic mass is 10.0. The second kappa shape index (κ2) is 8.14. The summed E-state index contributed by atoms with van der Waals surface area (Å²) >= 11 is 6.42. The predicted octanol–water partition coefficient (Wildman–Crippen LogP) is 2.91. The molecule has 29 heavy (non-hydrogen) atoms. The quantitative estimate of drug-likeness (QED) is 0.670. The zero-order valence-corrected chi connectivity index (χ0v) is 16.8. The van der Waals surface area contributed by atoms with Crippen LogP contribution in [0.15, 0.2) is 35.3 Å². The Morgan fingerprint density at radius 3 is 2.62 bits per heavy atom. The first kappa shape index (κ1) is 20.1. The summed E-state index contributed by atoms with van der Waals surface area (Å²) in [5.41, 5.74) is 1.48. The van der Waals surface area contributed by atoms with Gasteiger partial charge < -0.3 is 9.84 Å². The molecule has 0 aliphatic heterocycles. The van der Waals surface area contributed by atoms with Crippen molar-refractivity contribution in [3.63, 3.8) is 0 Å². The maximum Gasteiger partial charge on any atom is 0.279 e. The summed E-state index contributed by atoms with van der Waals surface area (Å²) in [5.74, 6) is 5.75. The van der Waals surface area contributed by atoms with Crippen LogP contribution < -0.4 is 10.3 Å². The SMILES string of the molecule is CC#Cc1cc(Cl)c(-c2c(O)n(C)n(Cc3ccc(C#N)cn3)c2=O)c(OC)c1. The summed E-state index contributed by atoms with van der Waals surface area (Å²) in [7, 11) is 3.01. The molecular formula is C21H17ClN4O3. The van der Waals surface area contributed by atoms with E-state index in [1.807, 2.05) is 6.07 Å². The highest BCUT2D eigenvalue weighted by atomic mass is 35.5. The lowest BCUT2D eigenvalue weighted by Gasteiger charge is -2.10. The fourth-order valence-electron chi connectivity index (χ4n) is 2.97. The van der Waals surface area contributed by atoms with E-state index in [1.165, 1.54) is 22.7 Å². The molecule has 0 saturated heterocycles. The molecule has 0 amide bonds. The zero-order valence-electron chi connectivity index (χ0n) is 16.0. The molecule has 146 valence electrons. The third-order valence-corrected chi connectivity index (χ3v) is 4.70. The fourth-order valence-corrected chi connectivity index (χ4v) is 3.28. The average Bonchev–Trinajstić information content (AvgIpc) is 2.92. The van der Waals surface area contributed by atoms with Crippen LogP contribution in [-0.4, -0.2) is 26.6 Å². The monoisotopic (exact) mass is 408 g/mol. The van der Waals surface area contributed by atoms with Gasteiger partial charge >= 0.3 is 0 Å². The number of nitrogens with zero attached hydrogens (tertiary/aromatic N) is 4. The number of hydrogen-bond donors (Lipinski definition) is 1. The number of aromatic nitrogens is 3. The molecule has 3 rings (SSSR count). The molecule has 0 fully saturated rings. The number of benzene rings is 1. The maximum absolute atomic E-state index is 13.1. The molecule has 8 heteroatoms. The van der Waals surface area contributed by atoms with E-state index >= 15 is 0 Å². The zero-order chi connectivity index (χ0) is 21.1. The summed E-state index contributed by atoms with van der Waals surface area (Å²) in [6.45, 7) is 1.81. The Bertz CT molecular complexity index is 1240. The summed E-state index contributed by atoms with van der Waals surface area (Å²) in [5, 5.41) is 19.8. The molecule has 2 aromatic heterocycles. The lowest BCUT2D eigenvalue weighted by Crippen LogP contribution is -2.23. The van der Waals surface area contributed by atoms with Gasteiger partial charge in [-0.3, -0.25) is 14.5 Å². The van der Waals surface area contributed by atoms with Gasteiger partial charge in [-0.2, -0.15) is 5.26 Å². The molecule has 0 bridgehead atoms. The highest BCUT2D eigenvalue weighted by Gasteiger charge is 2.25. The molecule has 0 aliphatic carbocycles. The number of methoxy groups -OCH3 is 1. The molecule has 0 unspecified atom stereocenters. The number of nitriles is 1. The van der Waals surface area contributed by atoms with Crippen molar-refractivity contribution in [2.75, 3.05) is 7.11 Å². The second-order valence-electron chi connectivity index (χ2n) is 6.15. The highest BCUT2D eigenvalue weighted by Crippen LogP contribution is 2.40. The smallest absolute Gasteiger partial charge is 0.279 e. The molecule has 1 N–H and O–H groups in total. The molecular weight excluding hydrogens is 392 g/mol. The molecule has 0 saturated carbocycles. The van der Waals surface area contributed by atoms with Gasteiger partial charge in [0.15, 0.2) is 0 Å². The molecule has 7 nitrogen and oxygen atoms in total. The van der Waals surface area contributed by atoms with Gasteiger partial charge in [0.1, 0.15) is 17.4 Å². The van der Waals surface area contributed by atoms with E-state index < -0.39 is 5.56 Å². The van der Waals surface area contributed by atoms with Crippen LogP contribution in [0.4, 0.5) is 0 Å². The summed E-state index contributed by atoms with van der Waals surface area (Å²) in [4.78, 5) is 17.3. The number of rotatable bonds is 4. The summed E-state index contributed by atoms with van der Waals surface area (Å²) in [6, 6.07) is 8.54. The molecule has 0 atom stereocenters. The Morgan fingerprint density at radius 1 is 1.28 bits per heavy atom. The van der Waals surface area contributed by atoms with E-state index in [4.69, 9.17) is 21.6 Å². The van der Waals surface area contributed by atoms with Crippen molar-refractivity contribution in [3.8, 4) is 40.7 Å². The van der Waals surface area contributed by atoms with Gasteiger partial charge in [-0.05, 0) is 31.2 Å². The molecule has 3 aromatic rings. The predicted molar refractivity (Wildman–Crippen MR) is 109 cm³/mol. The van der Waals surface area contributed by atoms with Crippen LogP contribution in [0.2, 0.25) is 5.02 Å². The van der Waals surface area contributed by atoms with Crippen LogP contribution in [-0.2, 0) is 13.6 Å².